The van der Waals surface area contributed by atoms with Crippen molar-refractivity contribution in [1.29, 1.82) is 0 Å². The van der Waals surface area contributed by atoms with Gasteiger partial charge in [-0.15, -0.1) is 0 Å². The lowest BCUT2D eigenvalue weighted by Gasteiger charge is -2.32. The Bertz CT molecular complexity index is 606. The van der Waals surface area contributed by atoms with Gasteiger partial charge in [-0.2, -0.15) is 0 Å². The third kappa shape index (κ3) is 4.53. The maximum Gasteiger partial charge on any atom is 0.229 e. The highest BCUT2D eigenvalue weighted by Crippen LogP contribution is 2.25. The van der Waals surface area contributed by atoms with Gasteiger partial charge in [0.25, 0.3) is 0 Å². The molecular formula is C20H29N3O2. The van der Waals surface area contributed by atoms with Crippen LogP contribution in [0.3, 0.4) is 0 Å². The molecule has 1 atom stereocenters. The summed E-state index contributed by atoms with van der Waals surface area (Å²) in [5.41, 5.74) is 2.06. The number of anilines is 2. The average Bonchev–Trinajstić information content (AvgIpc) is 2.63. The minimum atomic E-state index is -0.110. The molecule has 0 bridgehead atoms. The standard InChI is InChI=1S/C20H29N3O2/c1-15-9-12-22(13-10-15)19-7-5-18(6-8-19)21-20(25)17-4-3-11-23(14-17)16(2)24/h5-8,15,17H,3-4,9-14H2,1-2H3,(H,21,25). The van der Waals surface area contributed by atoms with E-state index in [1.54, 1.807) is 11.8 Å². The van der Waals surface area contributed by atoms with Crippen molar-refractivity contribution >= 4 is 23.2 Å². The highest BCUT2D eigenvalue weighted by atomic mass is 16.2. The molecule has 0 saturated carbocycles. The van der Waals surface area contributed by atoms with E-state index < -0.39 is 0 Å². The molecule has 2 fully saturated rings. The van der Waals surface area contributed by atoms with Crippen LogP contribution in [0.15, 0.2) is 24.3 Å². The van der Waals surface area contributed by atoms with Crippen molar-refractivity contribution in [2.45, 2.75) is 39.5 Å². The van der Waals surface area contributed by atoms with E-state index in [2.05, 4.69) is 29.3 Å². The Labute approximate surface area is 150 Å². The summed E-state index contributed by atoms with van der Waals surface area (Å²) in [5, 5.41) is 3.01. The number of carbonyl (C=O) groups excluding carboxylic acids is 2. The first kappa shape index (κ1) is 17.8. The SMILES string of the molecule is CC(=O)N1CCCC(C(=O)Nc2ccc(N3CCC(C)CC3)cc2)C1. The first-order valence-electron chi connectivity index (χ1n) is 9.44. The van der Waals surface area contributed by atoms with Gasteiger partial charge in [-0.25, -0.2) is 0 Å². The van der Waals surface area contributed by atoms with Crippen molar-refractivity contribution < 1.29 is 9.59 Å². The summed E-state index contributed by atoms with van der Waals surface area (Å²) in [6, 6.07) is 8.15. The molecule has 5 heteroatoms. The molecule has 2 heterocycles. The fraction of sp³-hybridized carbons (Fsp3) is 0.600. The first-order valence-corrected chi connectivity index (χ1v) is 9.44. The van der Waals surface area contributed by atoms with E-state index in [1.807, 2.05) is 12.1 Å². The molecule has 1 aromatic carbocycles. The largest absolute Gasteiger partial charge is 0.372 e. The van der Waals surface area contributed by atoms with Gasteiger partial charge < -0.3 is 15.1 Å². The van der Waals surface area contributed by atoms with Gasteiger partial charge in [0.15, 0.2) is 0 Å². The Morgan fingerprint density at radius 2 is 1.72 bits per heavy atom. The molecule has 2 aliphatic heterocycles. The van der Waals surface area contributed by atoms with E-state index in [9.17, 15) is 9.59 Å². The molecule has 1 aromatic rings. The van der Waals surface area contributed by atoms with Crippen LogP contribution >= 0.6 is 0 Å². The fourth-order valence-electron chi connectivity index (χ4n) is 3.74. The Balaban J connectivity index is 1.56. The Hall–Kier alpha value is -2.04. The lowest BCUT2D eigenvalue weighted by atomic mass is 9.97. The highest BCUT2D eigenvalue weighted by molar-refractivity contribution is 5.93. The lowest BCUT2D eigenvalue weighted by molar-refractivity contribution is -0.132. The number of amides is 2. The number of likely N-dealkylation sites (tertiary alicyclic amines) is 1. The van der Waals surface area contributed by atoms with Crippen LogP contribution in [-0.4, -0.2) is 42.9 Å². The van der Waals surface area contributed by atoms with Crippen molar-refractivity contribution in [2.24, 2.45) is 11.8 Å². The van der Waals surface area contributed by atoms with Crippen LogP contribution in [0.25, 0.3) is 0 Å². The van der Waals surface area contributed by atoms with Gasteiger partial charge in [-0.05, 0) is 55.9 Å². The van der Waals surface area contributed by atoms with Crippen molar-refractivity contribution in [2.75, 3.05) is 36.4 Å². The van der Waals surface area contributed by atoms with E-state index in [-0.39, 0.29) is 17.7 Å². The summed E-state index contributed by atoms with van der Waals surface area (Å²) in [7, 11) is 0. The van der Waals surface area contributed by atoms with Crippen molar-refractivity contribution in [3.63, 3.8) is 0 Å². The van der Waals surface area contributed by atoms with Crippen LogP contribution in [0, 0.1) is 11.8 Å². The second-order valence-corrected chi connectivity index (χ2v) is 7.51. The van der Waals surface area contributed by atoms with Crippen molar-refractivity contribution in [1.82, 2.24) is 4.90 Å². The zero-order chi connectivity index (χ0) is 17.8. The molecule has 136 valence electrons. The molecule has 2 amide bonds. The number of nitrogens with zero attached hydrogens (tertiary/aromatic N) is 2. The van der Waals surface area contributed by atoms with E-state index in [1.165, 1.54) is 18.5 Å². The fourth-order valence-corrected chi connectivity index (χ4v) is 3.74. The number of nitrogens with one attached hydrogen (secondary N) is 1. The van der Waals surface area contributed by atoms with Gasteiger partial charge in [0.05, 0.1) is 5.92 Å². The summed E-state index contributed by atoms with van der Waals surface area (Å²) in [5.74, 6) is 0.781. The summed E-state index contributed by atoms with van der Waals surface area (Å²) in [6.45, 7) is 7.40. The third-order valence-electron chi connectivity index (χ3n) is 5.52. The van der Waals surface area contributed by atoms with Crippen LogP contribution < -0.4 is 10.2 Å². The lowest BCUT2D eigenvalue weighted by Crippen LogP contribution is -2.42. The Morgan fingerprint density at radius 1 is 1.04 bits per heavy atom. The monoisotopic (exact) mass is 343 g/mol. The van der Waals surface area contributed by atoms with Crippen LogP contribution in [0.2, 0.25) is 0 Å². The highest BCUT2D eigenvalue weighted by Gasteiger charge is 2.27. The molecule has 25 heavy (non-hydrogen) atoms. The van der Waals surface area contributed by atoms with Crippen molar-refractivity contribution in [3.05, 3.63) is 24.3 Å². The molecule has 1 unspecified atom stereocenters. The Morgan fingerprint density at radius 3 is 2.36 bits per heavy atom. The number of rotatable bonds is 3. The van der Waals surface area contributed by atoms with E-state index in [4.69, 9.17) is 0 Å². The number of benzene rings is 1. The second kappa shape index (κ2) is 7.89. The van der Waals surface area contributed by atoms with E-state index in [0.29, 0.717) is 6.54 Å². The molecule has 0 aliphatic carbocycles. The number of hydrogen-bond acceptors (Lipinski definition) is 3. The molecular weight excluding hydrogens is 314 g/mol. The van der Waals surface area contributed by atoms with Gasteiger partial charge in [0.1, 0.15) is 0 Å². The average molecular weight is 343 g/mol. The number of piperidine rings is 2. The normalized spacial score (nSPS) is 21.9. The summed E-state index contributed by atoms with van der Waals surface area (Å²) >= 11 is 0. The summed E-state index contributed by atoms with van der Waals surface area (Å²) in [4.78, 5) is 28.2. The van der Waals surface area contributed by atoms with Crippen LogP contribution in [0.4, 0.5) is 11.4 Å². The predicted molar refractivity (Wildman–Crippen MR) is 101 cm³/mol. The van der Waals surface area contributed by atoms with E-state index in [0.717, 1.165) is 44.1 Å². The van der Waals surface area contributed by atoms with Crippen LogP contribution in [-0.2, 0) is 9.59 Å². The number of hydrogen-bond donors (Lipinski definition) is 1. The van der Waals surface area contributed by atoms with Gasteiger partial charge in [-0.3, -0.25) is 9.59 Å². The molecule has 0 radical (unpaired) electrons. The molecule has 0 spiro atoms. The van der Waals surface area contributed by atoms with Gasteiger partial charge in [-0.1, -0.05) is 6.92 Å². The zero-order valence-corrected chi connectivity index (χ0v) is 15.3. The molecule has 1 N–H and O–H groups in total. The quantitative estimate of drug-likeness (QED) is 0.917. The summed E-state index contributed by atoms with van der Waals surface area (Å²) in [6.07, 6.45) is 4.23. The predicted octanol–water partition coefficient (Wildman–Crippen LogP) is 3.12. The zero-order valence-electron chi connectivity index (χ0n) is 15.3. The van der Waals surface area contributed by atoms with Gasteiger partial charge in [0.2, 0.25) is 11.8 Å². The minimum Gasteiger partial charge on any atom is -0.372 e. The maximum absolute atomic E-state index is 12.5. The first-order chi connectivity index (χ1) is 12.0. The third-order valence-corrected chi connectivity index (χ3v) is 5.52. The van der Waals surface area contributed by atoms with Crippen molar-refractivity contribution in [3.8, 4) is 0 Å². The molecule has 2 saturated heterocycles. The smallest absolute Gasteiger partial charge is 0.229 e. The van der Waals surface area contributed by atoms with Crippen LogP contribution in [0.5, 0.6) is 0 Å². The molecule has 5 nitrogen and oxygen atoms in total. The molecule has 3 rings (SSSR count). The second-order valence-electron chi connectivity index (χ2n) is 7.51. The molecule has 2 aliphatic rings. The minimum absolute atomic E-state index is 0.0190. The number of carbonyl (C=O) groups is 2. The summed E-state index contributed by atoms with van der Waals surface area (Å²) < 4.78 is 0. The maximum atomic E-state index is 12.5. The Kier molecular flexibility index (Phi) is 5.61. The van der Waals surface area contributed by atoms with Gasteiger partial charge >= 0.3 is 0 Å². The topological polar surface area (TPSA) is 52.7 Å². The molecule has 0 aromatic heterocycles. The van der Waals surface area contributed by atoms with Crippen LogP contribution in [0.1, 0.15) is 39.5 Å². The van der Waals surface area contributed by atoms with Gasteiger partial charge in [0, 0.05) is 44.5 Å². The van der Waals surface area contributed by atoms with E-state index >= 15 is 0 Å².